The zero-order valence-corrected chi connectivity index (χ0v) is 12.0. The van der Waals surface area contributed by atoms with E-state index in [4.69, 9.17) is 5.11 Å². The maximum Gasteiger partial charge on any atom is 0.241 e. The van der Waals surface area contributed by atoms with Crippen molar-refractivity contribution < 1.29 is 13.5 Å². The monoisotopic (exact) mass is 321 g/mol. The number of halogens is 1. The molecule has 0 amide bonds. The number of rotatable bonds is 6. The van der Waals surface area contributed by atoms with Crippen molar-refractivity contribution >= 4 is 26.0 Å². The van der Waals surface area contributed by atoms with Gasteiger partial charge >= 0.3 is 0 Å². The molecule has 17 heavy (non-hydrogen) atoms. The highest BCUT2D eigenvalue weighted by Crippen LogP contribution is 2.20. The van der Waals surface area contributed by atoms with Crippen molar-refractivity contribution in [1.29, 1.82) is 0 Å². The molecular formula is C11H16BrNO3S. The van der Waals surface area contributed by atoms with Gasteiger partial charge in [-0.15, -0.1) is 0 Å². The Morgan fingerprint density at radius 1 is 1.41 bits per heavy atom. The Hall–Kier alpha value is -0.430. The molecule has 0 aromatic heterocycles. The highest BCUT2D eigenvalue weighted by Gasteiger charge is 2.17. The molecular weight excluding hydrogens is 306 g/mol. The fourth-order valence-electron chi connectivity index (χ4n) is 1.31. The van der Waals surface area contributed by atoms with E-state index >= 15 is 0 Å². The van der Waals surface area contributed by atoms with E-state index in [1.165, 1.54) is 0 Å². The highest BCUT2D eigenvalue weighted by molar-refractivity contribution is 9.10. The molecule has 1 atom stereocenters. The fraction of sp³-hybridized carbons (Fsp3) is 0.455. The minimum Gasteiger partial charge on any atom is -0.396 e. The molecule has 0 aliphatic rings. The second-order valence-electron chi connectivity index (χ2n) is 3.90. The summed E-state index contributed by atoms with van der Waals surface area (Å²) in [7, 11) is -3.48. The number of aliphatic hydroxyl groups excluding tert-OH is 1. The summed E-state index contributed by atoms with van der Waals surface area (Å²) in [4.78, 5) is 0.233. The second-order valence-corrected chi connectivity index (χ2v) is 6.49. The van der Waals surface area contributed by atoms with Crippen molar-refractivity contribution in [2.75, 3.05) is 13.2 Å². The van der Waals surface area contributed by atoms with Crippen LogP contribution in [0, 0.1) is 5.92 Å². The Bertz CT molecular complexity index is 462. The van der Waals surface area contributed by atoms with Crippen LogP contribution in [0.1, 0.15) is 13.3 Å². The molecule has 0 aliphatic heterocycles. The van der Waals surface area contributed by atoms with Gasteiger partial charge in [0.25, 0.3) is 0 Å². The number of nitrogens with one attached hydrogen (secondary N) is 1. The van der Waals surface area contributed by atoms with Crippen LogP contribution >= 0.6 is 15.9 Å². The van der Waals surface area contributed by atoms with E-state index in [1.807, 2.05) is 6.92 Å². The van der Waals surface area contributed by atoms with E-state index in [-0.39, 0.29) is 17.4 Å². The summed E-state index contributed by atoms with van der Waals surface area (Å²) in [6.07, 6.45) is 0.582. The van der Waals surface area contributed by atoms with Gasteiger partial charge in [-0.3, -0.25) is 0 Å². The molecule has 96 valence electrons. The molecule has 0 bridgehead atoms. The molecule has 1 aromatic rings. The molecule has 0 fully saturated rings. The summed E-state index contributed by atoms with van der Waals surface area (Å²) >= 11 is 3.21. The van der Waals surface area contributed by atoms with Crippen molar-refractivity contribution in [2.45, 2.75) is 18.2 Å². The minimum absolute atomic E-state index is 0.0674. The van der Waals surface area contributed by atoms with Gasteiger partial charge in [0.2, 0.25) is 10.0 Å². The van der Waals surface area contributed by atoms with E-state index in [1.54, 1.807) is 24.3 Å². The van der Waals surface area contributed by atoms with Crippen LogP contribution in [0.15, 0.2) is 33.6 Å². The first kappa shape index (κ1) is 14.6. The van der Waals surface area contributed by atoms with Crippen LogP contribution in [-0.2, 0) is 10.0 Å². The molecule has 0 heterocycles. The highest BCUT2D eigenvalue weighted by atomic mass is 79.9. The third-order valence-electron chi connectivity index (χ3n) is 2.37. The fourth-order valence-corrected chi connectivity index (χ4v) is 3.48. The summed E-state index contributed by atoms with van der Waals surface area (Å²) < 4.78 is 27.0. The lowest BCUT2D eigenvalue weighted by molar-refractivity contribution is 0.263. The molecule has 1 rings (SSSR count). The van der Waals surface area contributed by atoms with Gasteiger partial charge in [-0.05, 0) is 40.4 Å². The van der Waals surface area contributed by atoms with Crippen molar-refractivity contribution in [3.8, 4) is 0 Å². The van der Waals surface area contributed by atoms with Crippen molar-refractivity contribution in [1.82, 2.24) is 4.72 Å². The van der Waals surface area contributed by atoms with Crippen LogP contribution < -0.4 is 4.72 Å². The Morgan fingerprint density at radius 2 is 2.06 bits per heavy atom. The Morgan fingerprint density at radius 3 is 2.65 bits per heavy atom. The summed E-state index contributed by atoms with van der Waals surface area (Å²) in [5.41, 5.74) is 0. The van der Waals surface area contributed by atoms with Gasteiger partial charge in [-0.1, -0.05) is 19.1 Å². The Labute approximate surface area is 110 Å². The van der Waals surface area contributed by atoms with Crippen molar-refractivity contribution in [3.05, 3.63) is 28.7 Å². The Balaban J connectivity index is 2.73. The molecule has 6 heteroatoms. The largest absolute Gasteiger partial charge is 0.396 e. The number of benzene rings is 1. The van der Waals surface area contributed by atoms with Crippen molar-refractivity contribution in [2.24, 2.45) is 5.92 Å². The predicted octanol–water partition coefficient (Wildman–Crippen LogP) is 1.75. The quantitative estimate of drug-likeness (QED) is 0.838. The predicted molar refractivity (Wildman–Crippen MR) is 70.2 cm³/mol. The molecule has 0 aliphatic carbocycles. The smallest absolute Gasteiger partial charge is 0.241 e. The van der Waals surface area contributed by atoms with E-state index in [2.05, 4.69) is 20.7 Å². The standard InChI is InChI=1S/C11H16BrNO3S/c1-9(6-7-14)8-13-17(15,16)11-5-3-2-4-10(11)12/h2-5,9,13-14H,6-8H2,1H3. The SMILES string of the molecule is CC(CCO)CNS(=O)(=O)c1ccccc1Br. The van der Waals surface area contributed by atoms with Crippen LogP contribution in [0.5, 0.6) is 0 Å². The maximum atomic E-state index is 12.0. The number of hydrogen-bond donors (Lipinski definition) is 2. The summed E-state index contributed by atoms with van der Waals surface area (Å²) in [5.74, 6) is 0.109. The molecule has 0 saturated carbocycles. The van der Waals surface area contributed by atoms with Gasteiger partial charge in [0.05, 0.1) is 4.90 Å². The van der Waals surface area contributed by atoms with E-state index in [0.717, 1.165) is 0 Å². The zero-order chi connectivity index (χ0) is 12.9. The normalized spacial score (nSPS) is 13.6. The van der Waals surface area contributed by atoms with Gasteiger partial charge in [0, 0.05) is 17.6 Å². The van der Waals surface area contributed by atoms with Gasteiger partial charge in [-0.2, -0.15) is 0 Å². The topological polar surface area (TPSA) is 66.4 Å². The van der Waals surface area contributed by atoms with Crippen LogP contribution in [-0.4, -0.2) is 26.7 Å². The van der Waals surface area contributed by atoms with Gasteiger partial charge in [0.15, 0.2) is 0 Å². The molecule has 2 N–H and O–H groups in total. The maximum absolute atomic E-state index is 12.0. The van der Waals surface area contributed by atoms with Gasteiger partial charge in [-0.25, -0.2) is 13.1 Å². The number of aliphatic hydroxyl groups is 1. The lowest BCUT2D eigenvalue weighted by atomic mass is 10.1. The van der Waals surface area contributed by atoms with Crippen LogP contribution in [0.3, 0.4) is 0 Å². The number of hydrogen-bond acceptors (Lipinski definition) is 3. The molecule has 1 aromatic carbocycles. The first-order chi connectivity index (χ1) is 7.97. The van der Waals surface area contributed by atoms with Crippen molar-refractivity contribution in [3.63, 3.8) is 0 Å². The average molecular weight is 322 g/mol. The zero-order valence-electron chi connectivity index (χ0n) is 9.56. The third-order valence-corrected chi connectivity index (χ3v) is 4.81. The van der Waals surface area contributed by atoms with E-state index < -0.39 is 10.0 Å². The Kier molecular flexibility index (Phi) is 5.58. The van der Waals surface area contributed by atoms with Crippen LogP contribution in [0.4, 0.5) is 0 Å². The minimum atomic E-state index is -3.48. The van der Waals surface area contributed by atoms with E-state index in [0.29, 0.717) is 17.4 Å². The third kappa shape index (κ3) is 4.39. The second kappa shape index (κ2) is 6.49. The summed E-state index contributed by atoms with van der Waals surface area (Å²) in [5, 5.41) is 8.74. The number of sulfonamides is 1. The van der Waals surface area contributed by atoms with E-state index in [9.17, 15) is 8.42 Å². The molecule has 0 spiro atoms. The lowest BCUT2D eigenvalue weighted by Gasteiger charge is -2.12. The molecule has 4 nitrogen and oxygen atoms in total. The van der Waals surface area contributed by atoms with Crippen LogP contribution in [0.2, 0.25) is 0 Å². The lowest BCUT2D eigenvalue weighted by Crippen LogP contribution is -2.29. The summed E-state index contributed by atoms with van der Waals surface area (Å²) in [6, 6.07) is 6.67. The molecule has 0 saturated heterocycles. The molecule has 0 radical (unpaired) electrons. The summed E-state index contributed by atoms with van der Waals surface area (Å²) in [6.45, 7) is 2.28. The van der Waals surface area contributed by atoms with Gasteiger partial charge < -0.3 is 5.11 Å². The van der Waals surface area contributed by atoms with Crippen LogP contribution in [0.25, 0.3) is 0 Å². The van der Waals surface area contributed by atoms with Gasteiger partial charge in [0.1, 0.15) is 0 Å². The first-order valence-corrected chi connectivity index (χ1v) is 7.60. The first-order valence-electron chi connectivity index (χ1n) is 5.32. The average Bonchev–Trinajstić information content (AvgIpc) is 2.27. The molecule has 1 unspecified atom stereocenters.